The van der Waals surface area contributed by atoms with E-state index in [0.717, 1.165) is 27.6 Å². The maximum Gasteiger partial charge on any atom is 0.0510 e. The molecule has 0 fully saturated rings. The molecule has 90 valence electrons. The van der Waals surface area contributed by atoms with Crippen LogP contribution in [0.15, 0.2) is 60.9 Å². The molecule has 0 aliphatic heterocycles. The minimum atomic E-state index is 0.725. The summed E-state index contributed by atoms with van der Waals surface area (Å²) in [5.41, 5.74) is 8.30. The van der Waals surface area contributed by atoms with Crippen LogP contribution in [-0.4, -0.2) is 4.98 Å². The third-order valence-corrected chi connectivity index (χ3v) is 2.90. The molecular formula is C17H12N2. The van der Waals surface area contributed by atoms with E-state index in [9.17, 15) is 0 Å². The highest BCUT2D eigenvalue weighted by atomic mass is 14.6. The summed E-state index contributed by atoms with van der Waals surface area (Å²) in [5.74, 6) is 6.29. The van der Waals surface area contributed by atoms with Gasteiger partial charge in [-0.3, -0.25) is 4.98 Å². The van der Waals surface area contributed by atoms with Crippen LogP contribution in [0.2, 0.25) is 0 Å². The van der Waals surface area contributed by atoms with E-state index in [1.165, 1.54) is 0 Å². The number of pyridine rings is 1. The maximum absolute atomic E-state index is 5.74. The number of anilines is 1. The van der Waals surface area contributed by atoms with Crippen LogP contribution in [0.25, 0.3) is 10.8 Å². The summed E-state index contributed by atoms with van der Waals surface area (Å²) in [7, 11) is 0. The number of benzene rings is 2. The number of nitrogens with two attached hydrogens (primary N) is 1. The first-order valence-corrected chi connectivity index (χ1v) is 6.03. The Labute approximate surface area is 111 Å². The fourth-order valence-corrected chi connectivity index (χ4v) is 1.97. The number of nitrogens with zero attached hydrogens (tertiary/aromatic N) is 1. The van der Waals surface area contributed by atoms with Crippen LogP contribution in [0.1, 0.15) is 11.1 Å². The van der Waals surface area contributed by atoms with E-state index in [1.54, 1.807) is 6.20 Å². The van der Waals surface area contributed by atoms with E-state index in [1.807, 2.05) is 48.7 Å². The van der Waals surface area contributed by atoms with Crippen LogP contribution in [0.4, 0.5) is 5.69 Å². The van der Waals surface area contributed by atoms with Gasteiger partial charge in [-0.1, -0.05) is 42.2 Å². The Hall–Kier alpha value is -2.79. The quantitative estimate of drug-likeness (QED) is 0.487. The molecule has 3 aromatic rings. The molecule has 0 atom stereocenters. The summed E-state index contributed by atoms with van der Waals surface area (Å²) in [6.07, 6.45) is 3.64. The molecule has 0 spiro atoms. The van der Waals surface area contributed by atoms with Gasteiger partial charge in [0.2, 0.25) is 0 Å². The lowest BCUT2D eigenvalue weighted by Crippen LogP contribution is -1.85. The molecule has 0 aliphatic rings. The van der Waals surface area contributed by atoms with Crippen molar-refractivity contribution < 1.29 is 0 Å². The van der Waals surface area contributed by atoms with Gasteiger partial charge in [-0.15, -0.1) is 0 Å². The van der Waals surface area contributed by atoms with Crippen LogP contribution >= 0.6 is 0 Å². The molecule has 0 saturated carbocycles. The second-order valence-electron chi connectivity index (χ2n) is 4.28. The Morgan fingerprint density at radius 2 is 1.79 bits per heavy atom. The van der Waals surface area contributed by atoms with Gasteiger partial charge in [0.05, 0.1) is 5.56 Å². The van der Waals surface area contributed by atoms with Crippen molar-refractivity contribution in [3.05, 3.63) is 72.1 Å². The Morgan fingerprint density at radius 3 is 2.68 bits per heavy atom. The van der Waals surface area contributed by atoms with Gasteiger partial charge in [0.25, 0.3) is 0 Å². The predicted octanol–water partition coefficient (Wildman–Crippen LogP) is 3.22. The molecule has 2 heteroatoms. The van der Waals surface area contributed by atoms with Crippen molar-refractivity contribution in [1.29, 1.82) is 0 Å². The second-order valence-corrected chi connectivity index (χ2v) is 4.28. The molecule has 0 unspecified atom stereocenters. The Bertz CT molecular complexity index is 789. The zero-order chi connectivity index (χ0) is 13.1. The monoisotopic (exact) mass is 244 g/mol. The first kappa shape index (κ1) is 11.3. The Balaban J connectivity index is 2.07. The number of rotatable bonds is 0. The smallest absolute Gasteiger partial charge is 0.0510 e. The van der Waals surface area contributed by atoms with Gasteiger partial charge in [0, 0.05) is 34.4 Å². The fourth-order valence-electron chi connectivity index (χ4n) is 1.97. The molecular weight excluding hydrogens is 232 g/mol. The average Bonchev–Trinajstić information content (AvgIpc) is 2.45. The minimum Gasteiger partial charge on any atom is -0.399 e. The largest absolute Gasteiger partial charge is 0.399 e. The van der Waals surface area contributed by atoms with Crippen LogP contribution in [0.5, 0.6) is 0 Å². The first-order valence-electron chi connectivity index (χ1n) is 6.03. The lowest BCUT2D eigenvalue weighted by atomic mass is 10.1. The van der Waals surface area contributed by atoms with Gasteiger partial charge < -0.3 is 5.73 Å². The van der Waals surface area contributed by atoms with Crippen molar-refractivity contribution in [1.82, 2.24) is 4.98 Å². The van der Waals surface area contributed by atoms with E-state index in [0.29, 0.717) is 0 Å². The summed E-state index contributed by atoms with van der Waals surface area (Å²) in [6.45, 7) is 0. The zero-order valence-corrected chi connectivity index (χ0v) is 10.3. The van der Waals surface area contributed by atoms with Crippen molar-refractivity contribution in [3.8, 4) is 11.8 Å². The molecule has 0 saturated heterocycles. The van der Waals surface area contributed by atoms with Gasteiger partial charge in [-0.25, -0.2) is 0 Å². The fraction of sp³-hybridized carbons (Fsp3) is 0. The van der Waals surface area contributed by atoms with Crippen molar-refractivity contribution in [2.24, 2.45) is 0 Å². The second kappa shape index (κ2) is 4.83. The zero-order valence-electron chi connectivity index (χ0n) is 10.3. The maximum atomic E-state index is 5.74. The first-order chi connectivity index (χ1) is 9.33. The Morgan fingerprint density at radius 1 is 0.895 bits per heavy atom. The molecule has 2 aromatic carbocycles. The molecule has 0 amide bonds. The molecule has 1 heterocycles. The standard InChI is InChI=1S/C17H12N2/c18-16-6-3-4-13(10-16)8-9-15-12-19-11-14-5-1-2-7-17(14)15/h1-7,10-12H,18H2. The summed E-state index contributed by atoms with van der Waals surface area (Å²) in [6, 6.07) is 15.7. The van der Waals surface area contributed by atoms with E-state index >= 15 is 0 Å². The van der Waals surface area contributed by atoms with Gasteiger partial charge in [0.15, 0.2) is 0 Å². The summed E-state index contributed by atoms with van der Waals surface area (Å²) >= 11 is 0. The number of fused-ring (bicyclic) bond motifs is 1. The number of hydrogen-bond acceptors (Lipinski definition) is 2. The van der Waals surface area contributed by atoms with E-state index in [4.69, 9.17) is 5.73 Å². The van der Waals surface area contributed by atoms with Crippen molar-refractivity contribution in [2.45, 2.75) is 0 Å². The molecule has 1 aromatic heterocycles. The summed E-state index contributed by atoms with van der Waals surface area (Å²) in [4.78, 5) is 4.22. The lowest BCUT2D eigenvalue weighted by Gasteiger charge is -1.98. The van der Waals surface area contributed by atoms with Gasteiger partial charge in [-0.05, 0) is 18.2 Å². The van der Waals surface area contributed by atoms with Crippen LogP contribution in [0.3, 0.4) is 0 Å². The van der Waals surface area contributed by atoms with Gasteiger partial charge >= 0.3 is 0 Å². The van der Waals surface area contributed by atoms with Gasteiger partial charge in [-0.2, -0.15) is 0 Å². The van der Waals surface area contributed by atoms with Crippen LogP contribution in [-0.2, 0) is 0 Å². The molecule has 2 nitrogen and oxygen atoms in total. The van der Waals surface area contributed by atoms with E-state index in [2.05, 4.69) is 22.9 Å². The molecule has 0 aliphatic carbocycles. The minimum absolute atomic E-state index is 0.725. The highest BCUT2D eigenvalue weighted by Gasteiger charge is 1.97. The highest BCUT2D eigenvalue weighted by Crippen LogP contribution is 2.16. The molecule has 0 bridgehead atoms. The SMILES string of the molecule is Nc1cccc(C#Cc2cncc3ccccc23)c1. The average molecular weight is 244 g/mol. The molecule has 19 heavy (non-hydrogen) atoms. The Kier molecular flexibility index (Phi) is 2.88. The van der Waals surface area contributed by atoms with E-state index < -0.39 is 0 Å². The third-order valence-electron chi connectivity index (χ3n) is 2.90. The number of hydrogen-bond donors (Lipinski definition) is 1. The van der Waals surface area contributed by atoms with Crippen LogP contribution in [0, 0.1) is 11.8 Å². The number of nitrogen functional groups attached to an aromatic ring is 1. The normalized spacial score (nSPS) is 9.89. The van der Waals surface area contributed by atoms with Gasteiger partial charge in [0.1, 0.15) is 0 Å². The van der Waals surface area contributed by atoms with Crippen molar-refractivity contribution in [2.75, 3.05) is 5.73 Å². The summed E-state index contributed by atoms with van der Waals surface area (Å²) < 4.78 is 0. The van der Waals surface area contributed by atoms with E-state index in [-0.39, 0.29) is 0 Å². The molecule has 2 N–H and O–H groups in total. The van der Waals surface area contributed by atoms with Crippen molar-refractivity contribution >= 4 is 16.5 Å². The highest BCUT2D eigenvalue weighted by molar-refractivity contribution is 5.87. The molecule has 0 radical (unpaired) electrons. The summed E-state index contributed by atoms with van der Waals surface area (Å²) in [5, 5.41) is 2.22. The topological polar surface area (TPSA) is 38.9 Å². The lowest BCUT2D eigenvalue weighted by molar-refractivity contribution is 1.35. The van der Waals surface area contributed by atoms with Crippen molar-refractivity contribution in [3.63, 3.8) is 0 Å². The van der Waals surface area contributed by atoms with Crippen LogP contribution < -0.4 is 5.73 Å². The third kappa shape index (κ3) is 2.41. The number of aromatic nitrogens is 1. The predicted molar refractivity (Wildman–Crippen MR) is 78.6 cm³/mol. The molecule has 3 rings (SSSR count).